The smallest absolute Gasteiger partial charge is 0.211 e. The highest BCUT2D eigenvalue weighted by molar-refractivity contribution is 9.10. The molecule has 0 atom stereocenters. The predicted octanol–water partition coefficient (Wildman–Crippen LogP) is 1.13. The van der Waals surface area contributed by atoms with Crippen molar-refractivity contribution in [1.82, 2.24) is 0 Å². The van der Waals surface area contributed by atoms with Gasteiger partial charge in [-0.05, 0) is 18.2 Å². The lowest BCUT2D eigenvalue weighted by molar-refractivity contribution is 0.111. The molecule has 1 aromatic rings. The number of halogens is 1. The zero-order valence-electron chi connectivity index (χ0n) is 9.13. The Morgan fingerprint density at radius 3 is 2.65 bits per heavy atom. The Labute approximate surface area is 109 Å². The van der Waals surface area contributed by atoms with Crippen LogP contribution in [0, 0.1) is 0 Å². The van der Waals surface area contributed by atoms with Gasteiger partial charge in [0.25, 0.3) is 0 Å². The third-order valence-corrected chi connectivity index (χ3v) is 3.03. The summed E-state index contributed by atoms with van der Waals surface area (Å²) in [6.45, 7) is 0.768. The molecule has 17 heavy (non-hydrogen) atoms. The fraction of sp³-hybridized carbons (Fsp3) is 0.400. The summed E-state index contributed by atoms with van der Waals surface area (Å²) in [5.74, 6) is 0.554. The highest BCUT2D eigenvalue weighted by atomic mass is 79.9. The number of hydrogen-bond donors (Lipinski definition) is 1. The molecule has 96 valence electrons. The first-order valence-corrected chi connectivity index (χ1v) is 7.45. The maximum atomic E-state index is 10.6. The number of benzene rings is 1. The van der Waals surface area contributed by atoms with E-state index in [1.54, 1.807) is 0 Å². The Kier molecular flexibility index (Phi) is 5.90. The molecule has 5 nitrogen and oxygen atoms in total. The van der Waals surface area contributed by atoms with Gasteiger partial charge < -0.3 is 9.47 Å². The van der Waals surface area contributed by atoms with Gasteiger partial charge in [0.1, 0.15) is 12.4 Å². The van der Waals surface area contributed by atoms with Gasteiger partial charge in [0.2, 0.25) is 10.0 Å². The fourth-order valence-corrected chi connectivity index (χ4v) is 1.78. The molecule has 7 heteroatoms. The van der Waals surface area contributed by atoms with Gasteiger partial charge in [0, 0.05) is 4.47 Å². The van der Waals surface area contributed by atoms with Crippen LogP contribution in [0.25, 0.3) is 0 Å². The first-order chi connectivity index (χ1) is 7.97. The molecule has 2 N–H and O–H groups in total. The first-order valence-electron chi connectivity index (χ1n) is 4.94. The molecule has 0 aliphatic rings. The van der Waals surface area contributed by atoms with E-state index in [2.05, 4.69) is 15.9 Å². The van der Waals surface area contributed by atoms with Gasteiger partial charge in [-0.25, -0.2) is 13.6 Å². The standard InChI is InChI=1S/C10H14BrNO4S/c11-9-2-1-3-10(8-9)16-5-4-15-6-7-17(12,13)14/h1-3,8H,4-7H2,(H2,12,13,14). The minimum atomic E-state index is -3.44. The van der Waals surface area contributed by atoms with Crippen molar-refractivity contribution in [3.8, 4) is 5.75 Å². The third-order valence-electron chi connectivity index (χ3n) is 1.80. The highest BCUT2D eigenvalue weighted by Gasteiger charge is 2.01. The van der Waals surface area contributed by atoms with Crippen LogP contribution in [0.15, 0.2) is 28.7 Å². The van der Waals surface area contributed by atoms with Gasteiger partial charge in [0.05, 0.1) is 19.0 Å². The van der Waals surface area contributed by atoms with E-state index in [9.17, 15) is 8.42 Å². The molecule has 1 rings (SSSR count). The SMILES string of the molecule is NS(=O)(=O)CCOCCOc1cccc(Br)c1. The van der Waals surface area contributed by atoms with Crippen molar-refractivity contribution in [2.45, 2.75) is 0 Å². The molecular formula is C10H14BrNO4S. The van der Waals surface area contributed by atoms with Gasteiger partial charge in [-0.15, -0.1) is 0 Å². The van der Waals surface area contributed by atoms with Gasteiger partial charge in [-0.2, -0.15) is 0 Å². The minimum absolute atomic E-state index is 0.0840. The van der Waals surface area contributed by atoms with Crippen molar-refractivity contribution in [2.75, 3.05) is 25.6 Å². The molecule has 0 amide bonds. The zero-order valence-corrected chi connectivity index (χ0v) is 11.5. The summed E-state index contributed by atoms with van der Waals surface area (Å²) in [4.78, 5) is 0. The molecule has 0 saturated carbocycles. The summed E-state index contributed by atoms with van der Waals surface area (Å²) in [6, 6.07) is 7.43. The summed E-state index contributed by atoms with van der Waals surface area (Å²) in [5.41, 5.74) is 0. The monoisotopic (exact) mass is 323 g/mol. The molecule has 0 fully saturated rings. The van der Waals surface area contributed by atoms with Crippen molar-refractivity contribution >= 4 is 26.0 Å². The molecule has 0 aromatic heterocycles. The molecule has 0 unspecified atom stereocenters. The lowest BCUT2D eigenvalue weighted by atomic mass is 10.3. The Morgan fingerprint density at radius 1 is 1.24 bits per heavy atom. The van der Waals surface area contributed by atoms with Gasteiger partial charge in [0.15, 0.2) is 0 Å². The van der Waals surface area contributed by atoms with Crippen molar-refractivity contribution < 1.29 is 17.9 Å². The largest absolute Gasteiger partial charge is 0.491 e. The van der Waals surface area contributed by atoms with E-state index in [0.29, 0.717) is 13.2 Å². The average molecular weight is 324 g/mol. The molecule has 0 radical (unpaired) electrons. The number of sulfonamides is 1. The molecule has 0 aliphatic heterocycles. The number of primary sulfonamides is 1. The van der Waals surface area contributed by atoms with Gasteiger partial charge >= 0.3 is 0 Å². The Hall–Kier alpha value is -0.630. The van der Waals surface area contributed by atoms with Gasteiger partial charge in [-0.1, -0.05) is 22.0 Å². The van der Waals surface area contributed by atoms with Crippen molar-refractivity contribution in [1.29, 1.82) is 0 Å². The fourth-order valence-electron chi connectivity index (χ4n) is 1.05. The number of rotatable bonds is 7. The lowest BCUT2D eigenvalue weighted by Crippen LogP contribution is -2.21. The highest BCUT2D eigenvalue weighted by Crippen LogP contribution is 2.17. The number of nitrogens with two attached hydrogens (primary N) is 1. The lowest BCUT2D eigenvalue weighted by Gasteiger charge is -2.07. The Bertz CT molecular complexity index is 449. The van der Waals surface area contributed by atoms with Crippen LogP contribution in [0.2, 0.25) is 0 Å². The number of hydrogen-bond acceptors (Lipinski definition) is 4. The van der Waals surface area contributed by atoms with E-state index in [0.717, 1.165) is 10.2 Å². The average Bonchev–Trinajstić information content (AvgIpc) is 2.22. The Morgan fingerprint density at radius 2 is 2.00 bits per heavy atom. The van der Waals surface area contributed by atoms with Crippen LogP contribution in [0.4, 0.5) is 0 Å². The molecule has 0 spiro atoms. The summed E-state index contributed by atoms with van der Waals surface area (Å²) < 4.78 is 32.6. The van der Waals surface area contributed by atoms with Crippen LogP contribution < -0.4 is 9.88 Å². The van der Waals surface area contributed by atoms with Crippen molar-refractivity contribution in [3.63, 3.8) is 0 Å². The molecular weight excluding hydrogens is 310 g/mol. The van der Waals surface area contributed by atoms with Crippen LogP contribution in [-0.2, 0) is 14.8 Å². The van der Waals surface area contributed by atoms with E-state index in [4.69, 9.17) is 14.6 Å². The normalized spacial score (nSPS) is 11.4. The quantitative estimate of drug-likeness (QED) is 0.763. The molecule has 0 bridgehead atoms. The van der Waals surface area contributed by atoms with E-state index in [-0.39, 0.29) is 12.4 Å². The second-order valence-corrected chi connectivity index (χ2v) is 5.93. The van der Waals surface area contributed by atoms with Gasteiger partial charge in [-0.3, -0.25) is 0 Å². The van der Waals surface area contributed by atoms with E-state index < -0.39 is 10.0 Å². The topological polar surface area (TPSA) is 78.6 Å². The molecule has 0 aliphatic carbocycles. The van der Waals surface area contributed by atoms with Crippen LogP contribution in [0.1, 0.15) is 0 Å². The van der Waals surface area contributed by atoms with Crippen molar-refractivity contribution in [3.05, 3.63) is 28.7 Å². The molecule has 0 saturated heterocycles. The van der Waals surface area contributed by atoms with Crippen LogP contribution in [0.5, 0.6) is 5.75 Å². The maximum Gasteiger partial charge on any atom is 0.211 e. The minimum Gasteiger partial charge on any atom is -0.491 e. The second kappa shape index (κ2) is 6.95. The van der Waals surface area contributed by atoms with E-state index in [1.165, 1.54) is 0 Å². The van der Waals surface area contributed by atoms with Crippen LogP contribution >= 0.6 is 15.9 Å². The number of ether oxygens (including phenoxy) is 2. The summed E-state index contributed by atoms with van der Waals surface area (Å²) in [7, 11) is -3.44. The summed E-state index contributed by atoms with van der Waals surface area (Å²) >= 11 is 3.33. The Balaban J connectivity index is 2.13. The van der Waals surface area contributed by atoms with E-state index >= 15 is 0 Å². The predicted molar refractivity (Wildman–Crippen MR) is 68.4 cm³/mol. The third kappa shape index (κ3) is 7.32. The van der Waals surface area contributed by atoms with Crippen LogP contribution in [-0.4, -0.2) is 34.0 Å². The van der Waals surface area contributed by atoms with E-state index in [1.807, 2.05) is 24.3 Å². The molecule has 1 aromatic carbocycles. The zero-order chi connectivity index (χ0) is 12.7. The first kappa shape index (κ1) is 14.4. The summed E-state index contributed by atoms with van der Waals surface area (Å²) in [5, 5.41) is 4.81. The molecule has 0 heterocycles. The maximum absolute atomic E-state index is 10.6. The summed E-state index contributed by atoms with van der Waals surface area (Å²) in [6.07, 6.45) is 0. The van der Waals surface area contributed by atoms with Crippen molar-refractivity contribution in [2.24, 2.45) is 5.14 Å². The second-order valence-electron chi connectivity index (χ2n) is 3.29. The van der Waals surface area contributed by atoms with Crippen LogP contribution in [0.3, 0.4) is 0 Å².